The molecule has 0 aliphatic heterocycles. The van der Waals surface area contributed by atoms with E-state index in [0.29, 0.717) is 18.2 Å². The van der Waals surface area contributed by atoms with Crippen LogP contribution in [0.5, 0.6) is 0 Å². The topological polar surface area (TPSA) is 61.6 Å². The van der Waals surface area contributed by atoms with Gasteiger partial charge in [-0.2, -0.15) is 0 Å². The van der Waals surface area contributed by atoms with E-state index < -0.39 is 5.97 Å². The first kappa shape index (κ1) is 13.7. The Hall–Kier alpha value is -1.36. The number of ether oxygens (including phenoxy) is 2. The van der Waals surface area contributed by atoms with Crippen LogP contribution in [0.15, 0.2) is 4.42 Å². The van der Waals surface area contributed by atoms with Gasteiger partial charge in [-0.15, -0.1) is 0 Å². The molecule has 0 amide bonds. The minimum atomic E-state index is -0.509. The van der Waals surface area contributed by atoms with Crippen molar-refractivity contribution in [1.82, 2.24) is 4.98 Å². The number of nitrogens with zero attached hydrogens (tertiary/aromatic N) is 1. The quantitative estimate of drug-likeness (QED) is 0.757. The Morgan fingerprint density at radius 1 is 1.41 bits per heavy atom. The van der Waals surface area contributed by atoms with Gasteiger partial charge in [-0.05, 0) is 6.92 Å². The maximum absolute atomic E-state index is 11.6. The van der Waals surface area contributed by atoms with Crippen molar-refractivity contribution in [3.63, 3.8) is 0 Å². The predicted octanol–water partition coefficient (Wildman–Crippen LogP) is 2.30. The van der Waals surface area contributed by atoms with Crippen molar-refractivity contribution in [2.75, 3.05) is 13.7 Å². The second-order valence-corrected chi connectivity index (χ2v) is 4.66. The Morgan fingerprint density at radius 3 is 2.53 bits per heavy atom. The molecule has 0 fully saturated rings. The predicted molar refractivity (Wildman–Crippen MR) is 61.9 cm³/mol. The number of methoxy groups -OCH3 is 1. The highest BCUT2D eigenvalue weighted by molar-refractivity contribution is 5.87. The fourth-order valence-electron chi connectivity index (χ4n) is 1.35. The van der Waals surface area contributed by atoms with Gasteiger partial charge >= 0.3 is 5.97 Å². The monoisotopic (exact) mass is 241 g/mol. The van der Waals surface area contributed by atoms with Crippen LogP contribution in [0.1, 0.15) is 49.8 Å². The SMILES string of the molecule is CCOCc1nc(C(C)(C)C)c(C(=O)OC)o1. The summed E-state index contributed by atoms with van der Waals surface area (Å²) in [6, 6.07) is 0. The van der Waals surface area contributed by atoms with Gasteiger partial charge in [0, 0.05) is 12.0 Å². The molecule has 0 radical (unpaired) electrons. The summed E-state index contributed by atoms with van der Waals surface area (Å²) in [4.78, 5) is 15.9. The fourth-order valence-corrected chi connectivity index (χ4v) is 1.35. The molecule has 17 heavy (non-hydrogen) atoms. The van der Waals surface area contributed by atoms with Gasteiger partial charge in [0.2, 0.25) is 11.7 Å². The molecule has 5 heteroatoms. The van der Waals surface area contributed by atoms with Gasteiger partial charge < -0.3 is 13.9 Å². The normalized spacial score (nSPS) is 11.6. The van der Waals surface area contributed by atoms with Crippen LogP contribution < -0.4 is 0 Å². The molecule has 0 unspecified atom stereocenters. The van der Waals surface area contributed by atoms with Crippen molar-refractivity contribution in [1.29, 1.82) is 0 Å². The molecule has 96 valence electrons. The van der Waals surface area contributed by atoms with E-state index in [4.69, 9.17) is 9.15 Å². The van der Waals surface area contributed by atoms with E-state index in [1.807, 2.05) is 27.7 Å². The molecule has 0 saturated heterocycles. The molecule has 0 aliphatic carbocycles. The second-order valence-electron chi connectivity index (χ2n) is 4.66. The molecular weight excluding hydrogens is 222 g/mol. The van der Waals surface area contributed by atoms with Crippen LogP contribution in [0.2, 0.25) is 0 Å². The zero-order chi connectivity index (χ0) is 13.1. The van der Waals surface area contributed by atoms with Gasteiger partial charge in [0.25, 0.3) is 0 Å². The third kappa shape index (κ3) is 3.30. The van der Waals surface area contributed by atoms with E-state index >= 15 is 0 Å². The van der Waals surface area contributed by atoms with Crippen LogP contribution in [-0.4, -0.2) is 24.7 Å². The van der Waals surface area contributed by atoms with Gasteiger partial charge in [0.05, 0.1) is 12.8 Å². The maximum Gasteiger partial charge on any atom is 0.376 e. The molecule has 1 heterocycles. The van der Waals surface area contributed by atoms with Gasteiger partial charge in [0.1, 0.15) is 6.61 Å². The third-order valence-electron chi connectivity index (χ3n) is 2.18. The first-order valence-electron chi connectivity index (χ1n) is 5.56. The number of hydrogen-bond acceptors (Lipinski definition) is 5. The summed E-state index contributed by atoms with van der Waals surface area (Å²) in [5.74, 6) is 0.0528. The van der Waals surface area contributed by atoms with Gasteiger partial charge in [-0.1, -0.05) is 20.8 Å². The molecule has 0 aromatic carbocycles. The number of esters is 1. The number of carbonyl (C=O) groups excluding carboxylic acids is 1. The van der Waals surface area contributed by atoms with Gasteiger partial charge in [0.15, 0.2) is 0 Å². The highest BCUT2D eigenvalue weighted by Crippen LogP contribution is 2.26. The Bertz CT molecular complexity index is 390. The van der Waals surface area contributed by atoms with Gasteiger partial charge in [-0.3, -0.25) is 0 Å². The summed E-state index contributed by atoms with van der Waals surface area (Å²) >= 11 is 0. The van der Waals surface area contributed by atoms with Crippen LogP contribution in [-0.2, 0) is 21.5 Å². The van der Waals surface area contributed by atoms with Crippen molar-refractivity contribution in [2.24, 2.45) is 0 Å². The van der Waals surface area contributed by atoms with Crippen LogP contribution in [0.25, 0.3) is 0 Å². The van der Waals surface area contributed by atoms with Gasteiger partial charge in [-0.25, -0.2) is 9.78 Å². The summed E-state index contributed by atoms with van der Waals surface area (Å²) < 4.78 is 15.3. The van der Waals surface area contributed by atoms with E-state index in [1.54, 1.807) is 0 Å². The average molecular weight is 241 g/mol. The minimum absolute atomic E-state index is 0.162. The highest BCUT2D eigenvalue weighted by atomic mass is 16.5. The lowest BCUT2D eigenvalue weighted by atomic mass is 9.91. The molecule has 0 saturated carbocycles. The molecule has 5 nitrogen and oxygen atoms in total. The zero-order valence-corrected chi connectivity index (χ0v) is 11.0. The smallest absolute Gasteiger partial charge is 0.376 e. The van der Waals surface area contributed by atoms with Crippen molar-refractivity contribution in [2.45, 2.75) is 39.7 Å². The zero-order valence-electron chi connectivity index (χ0n) is 11.0. The first-order valence-corrected chi connectivity index (χ1v) is 5.56. The summed E-state index contributed by atoms with van der Waals surface area (Å²) in [5, 5.41) is 0. The summed E-state index contributed by atoms with van der Waals surface area (Å²) in [6.45, 7) is 8.59. The molecule has 0 bridgehead atoms. The minimum Gasteiger partial charge on any atom is -0.463 e. The molecule has 0 atom stereocenters. The lowest BCUT2D eigenvalue weighted by Gasteiger charge is -2.15. The molecule has 0 N–H and O–H groups in total. The first-order chi connectivity index (χ1) is 7.90. The molecule has 0 spiro atoms. The summed E-state index contributed by atoms with van der Waals surface area (Å²) in [7, 11) is 1.32. The largest absolute Gasteiger partial charge is 0.463 e. The van der Waals surface area contributed by atoms with Crippen molar-refractivity contribution in [3.8, 4) is 0 Å². The van der Waals surface area contributed by atoms with Crippen LogP contribution >= 0.6 is 0 Å². The number of hydrogen-bond donors (Lipinski definition) is 0. The summed E-state index contributed by atoms with van der Waals surface area (Å²) in [6.07, 6.45) is 0. The Kier molecular flexibility index (Phi) is 4.28. The Labute approximate surface area is 101 Å². The third-order valence-corrected chi connectivity index (χ3v) is 2.18. The van der Waals surface area contributed by atoms with E-state index in [0.717, 1.165) is 0 Å². The average Bonchev–Trinajstić information content (AvgIpc) is 2.69. The van der Waals surface area contributed by atoms with Crippen molar-refractivity contribution in [3.05, 3.63) is 17.3 Å². The van der Waals surface area contributed by atoms with Crippen LogP contribution in [0.3, 0.4) is 0 Å². The van der Waals surface area contributed by atoms with Crippen molar-refractivity contribution < 1.29 is 18.7 Å². The second kappa shape index (κ2) is 5.31. The number of carbonyl (C=O) groups is 1. The number of aromatic nitrogens is 1. The molecule has 1 aromatic rings. The fraction of sp³-hybridized carbons (Fsp3) is 0.667. The highest BCUT2D eigenvalue weighted by Gasteiger charge is 2.29. The number of oxazole rings is 1. The van der Waals surface area contributed by atoms with E-state index in [-0.39, 0.29) is 17.8 Å². The molecule has 1 rings (SSSR count). The van der Waals surface area contributed by atoms with E-state index in [2.05, 4.69) is 9.72 Å². The van der Waals surface area contributed by atoms with E-state index in [1.165, 1.54) is 7.11 Å². The van der Waals surface area contributed by atoms with Crippen molar-refractivity contribution >= 4 is 5.97 Å². The van der Waals surface area contributed by atoms with E-state index in [9.17, 15) is 4.79 Å². The summed E-state index contributed by atoms with van der Waals surface area (Å²) in [5.41, 5.74) is 0.316. The number of rotatable bonds is 4. The standard InChI is InChI=1S/C12H19NO4/c1-6-16-7-8-13-10(12(2,3)4)9(17-8)11(14)15-5/h6-7H2,1-5H3. The Balaban J connectivity index is 3.08. The molecule has 1 aromatic heterocycles. The molecular formula is C12H19NO4. The van der Waals surface area contributed by atoms with Crippen LogP contribution in [0, 0.1) is 0 Å². The van der Waals surface area contributed by atoms with Crippen LogP contribution in [0.4, 0.5) is 0 Å². The Morgan fingerprint density at radius 2 is 2.06 bits per heavy atom. The lowest BCUT2D eigenvalue weighted by molar-refractivity contribution is 0.0550. The lowest BCUT2D eigenvalue weighted by Crippen LogP contribution is -2.17. The maximum atomic E-state index is 11.6. The molecule has 0 aliphatic rings.